The summed E-state index contributed by atoms with van der Waals surface area (Å²) in [5, 5.41) is 47.6. The van der Waals surface area contributed by atoms with Gasteiger partial charge in [-0.25, -0.2) is 4.79 Å². The van der Waals surface area contributed by atoms with Crippen LogP contribution in [-0.2, 0) is 44.8 Å². The number of carboxylic acids is 1. The van der Waals surface area contributed by atoms with Crippen LogP contribution in [-0.4, -0.2) is 129 Å². The molecular formula is C30H44N8O12. The summed E-state index contributed by atoms with van der Waals surface area (Å²) in [6.45, 7) is -1.70. The van der Waals surface area contributed by atoms with Crippen molar-refractivity contribution in [1.82, 2.24) is 26.2 Å². The zero-order valence-electron chi connectivity index (χ0n) is 27.1. The Labute approximate surface area is 286 Å². The zero-order valence-corrected chi connectivity index (χ0v) is 27.1. The SMILES string of the molecule is NC(=O)CC[C@H](NC(=O)[C@@H]1CCCN1C(=O)[C@H](CCC(N)=O)NC(=O)[C@H](CO)NC(=O)[C@H](Cc1ccc(O)cc1)NC(=O)[C@@H](N)CO)C(=O)O. The van der Waals surface area contributed by atoms with Crippen LogP contribution >= 0.6 is 0 Å². The van der Waals surface area contributed by atoms with Gasteiger partial charge >= 0.3 is 5.97 Å². The predicted molar refractivity (Wildman–Crippen MR) is 171 cm³/mol. The van der Waals surface area contributed by atoms with Crippen molar-refractivity contribution in [3.8, 4) is 5.75 Å². The summed E-state index contributed by atoms with van der Waals surface area (Å²) >= 11 is 0. The minimum atomic E-state index is -1.70. The second-order valence-electron chi connectivity index (χ2n) is 11.6. The maximum atomic E-state index is 13.7. The molecule has 14 N–H and O–H groups in total. The fraction of sp³-hybridized carbons (Fsp3) is 0.533. The van der Waals surface area contributed by atoms with Crippen molar-refractivity contribution < 1.29 is 58.8 Å². The molecule has 0 aromatic heterocycles. The third-order valence-corrected chi connectivity index (χ3v) is 7.78. The Balaban J connectivity index is 2.24. The molecule has 1 aromatic rings. The van der Waals surface area contributed by atoms with Gasteiger partial charge < -0.3 is 63.8 Å². The monoisotopic (exact) mass is 708 g/mol. The van der Waals surface area contributed by atoms with Crippen LogP contribution < -0.4 is 38.5 Å². The van der Waals surface area contributed by atoms with E-state index in [-0.39, 0.29) is 44.4 Å². The number of aromatic hydroxyl groups is 1. The molecule has 276 valence electrons. The molecule has 1 saturated heterocycles. The molecule has 20 nitrogen and oxygen atoms in total. The molecule has 1 fully saturated rings. The number of hydrogen-bond donors (Lipinski definition) is 11. The number of phenolic OH excluding ortho intramolecular Hbond substituents is 1. The van der Waals surface area contributed by atoms with Gasteiger partial charge in [-0.1, -0.05) is 12.1 Å². The van der Waals surface area contributed by atoms with Gasteiger partial charge in [0.15, 0.2) is 0 Å². The van der Waals surface area contributed by atoms with Gasteiger partial charge in [-0.3, -0.25) is 33.6 Å². The molecule has 0 unspecified atom stereocenters. The highest BCUT2D eigenvalue weighted by molar-refractivity contribution is 5.97. The second kappa shape index (κ2) is 19.6. The number of carbonyl (C=O) groups excluding carboxylic acids is 7. The summed E-state index contributed by atoms with van der Waals surface area (Å²) in [4.78, 5) is 101. The molecule has 1 heterocycles. The van der Waals surface area contributed by atoms with Gasteiger partial charge in [0, 0.05) is 25.8 Å². The number of hydrogen-bond acceptors (Lipinski definition) is 12. The summed E-state index contributed by atoms with van der Waals surface area (Å²) in [6.07, 6.45) is -1.07. The topological polar surface area (TPSA) is 347 Å². The molecule has 0 spiro atoms. The van der Waals surface area contributed by atoms with E-state index in [4.69, 9.17) is 17.2 Å². The van der Waals surface area contributed by atoms with Crippen molar-refractivity contribution >= 4 is 47.3 Å². The molecule has 6 atom stereocenters. The van der Waals surface area contributed by atoms with Gasteiger partial charge in [-0.2, -0.15) is 0 Å². The van der Waals surface area contributed by atoms with Gasteiger partial charge in [0.1, 0.15) is 42.0 Å². The number of carboxylic acid groups (broad SMARTS) is 1. The smallest absolute Gasteiger partial charge is 0.326 e. The van der Waals surface area contributed by atoms with Crippen LogP contribution in [0, 0.1) is 0 Å². The van der Waals surface area contributed by atoms with Crippen molar-refractivity contribution in [3.63, 3.8) is 0 Å². The van der Waals surface area contributed by atoms with Crippen LogP contribution in [0.4, 0.5) is 0 Å². The minimum absolute atomic E-state index is 0.0215. The molecule has 0 aliphatic carbocycles. The number of aliphatic carboxylic acids is 1. The van der Waals surface area contributed by atoms with Crippen molar-refractivity contribution in [2.45, 2.75) is 81.2 Å². The van der Waals surface area contributed by atoms with E-state index in [2.05, 4.69) is 21.3 Å². The lowest BCUT2D eigenvalue weighted by atomic mass is 10.0. The summed E-state index contributed by atoms with van der Waals surface area (Å²) in [5.74, 6) is -7.72. The third-order valence-electron chi connectivity index (χ3n) is 7.78. The highest BCUT2D eigenvalue weighted by atomic mass is 16.4. The Morgan fingerprint density at radius 2 is 1.30 bits per heavy atom. The molecule has 0 radical (unpaired) electrons. The Hall–Kier alpha value is -5.34. The van der Waals surface area contributed by atoms with E-state index >= 15 is 0 Å². The number of nitrogens with one attached hydrogen (secondary N) is 4. The number of aliphatic hydroxyl groups is 2. The zero-order chi connectivity index (χ0) is 37.5. The van der Waals surface area contributed by atoms with E-state index in [0.717, 1.165) is 4.90 Å². The van der Waals surface area contributed by atoms with Crippen molar-refractivity contribution in [3.05, 3.63) is 29.8 Å². The second-order valence-corrected chi connectivity index (χ2v) is 11.6. The molecule has 1 aromatic carbocycles. The Kier molecular flexibility index (Phi) is 16.0. The highest BCUT2D eigenvalue weighted by Crippen LogP contribution is 2.20. The summed E-state index contributed by atoms with van der Waals surface area (Å²) in [7, 11) is 0. The van der Waals surface area contributed by atoms with Gasteiger partial charge in [0.25, 0.3) is 0 Å². The minimum Gasteiger partial charge on any atom is -0.508 e. The van der Waals surface area contributed by atoms with Crippen LogP contribution in [0.2, 0.25) is 0 Å². The lowest BCUT2D eigenvalue weighted by molar-refractivity contribution is -0.145. The van der Waals surface area contributed by atoms with Gasteiger partial charge in [0.2, 0.25) is 41.4 Å². The summed E-state index contributed by atoms with van der Waals surface area (Å²) in [6, 6.07) is -3.01. The van der Waals surface area contributed by atoms with Crippen LogP contribution in [0.15, 0.2) is 24.3 Å². The van der Waals surface area contributed by atoms with Crippen LogP contribution in [0.3, 0.4) is 0 Å². The average molecular weight is 709 g/mol. The number of carbonyl (C=O) groups is 8. The number of aliphatic hydroxyl groups excluding tert-OH is 2. The average Bonchev–Trinajstić information content (AvgIpc) is 3.57. The summed E-state index contributed by atoms with van der Waals surface area (Å²) < 4.78 is 0. The van der Waals surface area contributed by atoms with Crippen molar-refractivity contribution in [2.75, 3.05) is 19.8 Å². The van der Waals surface area contributed by atoms with Crippen molar-refractivity contribution in [2.24, 2.45) is 17.2 Å². The number of nitrogens with zero attached hydrogens (tertiary/aromatic N) is 1. The number of likely N-dealkylation sites (tertiary alicyclic amines) is 1. The lowest BCUT2D eigenvalue weighted by Crippen LogP contribution is -2.60. The molecule has 0 bridgehead atoms. The van der Waals surface area contributed by atoms with Crippen LogP contribution in [0.25, 0.3) is 0 Å². The first-order chi connectivity index (χ1) is 23.6. The van der Waals surface area contributed by atoms with E-state index in [9.17, 15) is 58.8 Å². The third kappa shape index (κ3) is 12.6. The van der Waals surface area contributed by atoms with E-state index < -0.39 is 103 Å². The largest absolute Gasteiger partial charge is 0.508 e. The first-order valence-electron chi connectivity index (χ1n) is 15.6. The van der Waals surface area contributed by atoms with E-state index in [1.807, 2.05) is 0 Å². The maximum Gasteiger partial charge on any atom is 0.326 e. The molecule has 1 aliphatic heterocycles. The fourth-order valence-electron chi connectivity index (χ4n) is 5.04. The van der Waals surface area contributed by atoms with Gasteiger partial charge in [-0.15, -0.1) is 0 Å². The van der Waals surface area contributed by atoms with Gasteiger partial charge in [-0.05, 0) is 43.4 Å². The van der Waals surface area contributed by atoms with Crippen molar-refractivity contribution in [1.29, 1.82) is 0 Å². The van der Waals surface area contributed by atoms with E-state index in [1.165, 1.54) is 24.3 Å². The number of amides is 7. The normalized spacial score (nSPS) is 16.9. The number of nitrogens with two attached hydrogens (primary N) is 3. The maximum absolute atomic E-state index is 13.7. The molecule has 0 saturated carbocycles. The number of phenols is 1. The molecule has 2 rings (SSSR count). The first kappa shape index (κ1) is 40.8. The Morgan fingerprint density at radius 1 is 0.760 bits per heavy atom. The van der Waals surface area contributed by atoms with Crippen LogP contribution in [0.5, 0.6) is 5.75 Å². The lowest BCUT2D eigenvalue weighted by Gasteiger charge is -2.30. The summed E-state index contributed by atoms with van der Waals surface area (Å²) in [5.41, 5.74) is 16.4. The number of benzene rings is 1. The molecule has 20 heteroatoms. The fourth-order valence-corrected chi connectivity index (χ4v) is 5.04. The first-order valence-corrected chi connectivity index (χ1v) is 15.6. The quantitative estimate of drug-likeness (QED) is 0.0604. The predicted octanol–water partition coefficient (Wildman–Crippen LogP) is -5.21. The standard InChI is InChI=1S/C30H44N8O12/c31-17(13-39)25(44)36-20(12-15-3-5-16(41)6-4-15)26(45)37-21(14-40)27(46)34-18(7-9-23(32)42)29(48)38-11-1-2-22(38)28(47)35-19(30(49)50)8-10-24(33)43/h3-6,17-22,39-41H,1-2,7-14,31H2,(H2,32,42)(H2,33,43)(H,34,46)(H,35,47)(H,36,44)(H,37,45)(H,49,50)/t17-,18-,19-,20-,21-,22-/m0/s1. The van der Waals surface area contributed by atoms with Gasteiger partial charge in [0.05, 0.1) is 13.2 Å². The number of rotatable bonds is 20. The Morgan fingerprint density at radius 3 is 1.84 bits per heavy atom. The van der Waals surface area contributed by atoms with E-state index in [0.29, 0.717) is 12.0 Å². The van der Waals surface area contributed by atoms with Crippen LogP contribution in [0.1, 0.15) is 44.1 Å². The molecular weight excluding hydrogens is 664 g/mol. The molecule has 50 heavy (non-hydrogen) atoms. The Bertz CT molecular complexity index is 1410. The highest BCUT2D eigenvalue weighted by Gasteiger charge is 2.39. The van der Waals surface area contributed by atoms with E-state index in [1.54, 1.807) is 0 Å². The number of primary amides is 2. The molecule has 7 amide bonds. The molecule has 1 aliphatic rings.